The zero-order valence-electron chi connectivity index (χ0n) is 12.1. The number of nitrogens with one attached hydrogen (secondary N) is 1. The van der Waals surface area contributed by atoms with Crippen LogP contribution in [0.4, 0.5) is 5.82 Å². The van der Waals surface area contributed by atoms with Crippen LogP contribution in [-0.2, 0) is 11.3 Å². The SMILES string of the molecule is CC(C)(C)NCc1ccc(N2CCCOCC2)nn1. The van der Waals surface area contributed by atoms with E-state index in [1.54, 1.807) is 0 Å². The van der Waals surface area contributed by atoms with E-state index in [1.807, 2.05) is 6.07 Å². The summed E-state index contributed by atoms with van der Waals surface area (Å²) in [6, 6.07) is 4.10. The Bertz CT molecular complexity index is 377. The van der Waals surface area contributed by atoms with Crippen molar-refractivity contribution in [2.45, 2.75) is 39.3 Å². The third-order valence-corrected chi connectivity index (χ3v) is 3.05. The lowest BCUT2D eigenvalue weighted by atomic mass is 10.1. The highest BCUT2D eigenvalue weighted by Crippen LogP contribution is 2.12. The smallest absolute Gasteiger partial charge is 0.151 e. The number of rotatable bonds is 3. The van der Waals surface area contributed by atoms with Crippen LogP contribution in [0, 0.1) is 0 Å². The van der Waals surface area contributed by atoms with Crippen LogP contribution in [0.3, 0.4) is 0 Å². The van der Waals surface area contributed by atoms with Gasteiger partial charge in [-0.2, -0.15) is 5.10 Å². The first-order valence-corrected chi connectivity index (χ1v) is 6.95. The van der Waals surface area contributed by atoms with Crippen LogP contribution in [0.5, 0.6) is 0 Å². The van der Waals surface area contributed by atoms with Crippen molar-refractivity contribution in [2.24, 2.45) is 0 Å². The summed E-state index contributed by atoms with van der Waals surface area (Å²) in [5.74, 6) is 0.949. The molecule has 0 aliphatic carbocycles. The van der Waals surface area contributed by atoms with Crippen LogP contribution in [0.2, 0.25) is 0 Å². The predicted molar refractivity (Wildman–Crippen MR) is 76.3 cm³/mol. The molecule has 1 aliphatic rings. The van der Waals surface area contributed by atoms with Gasteiger partial charge in [-0.3, -0.25) is 0 Å². The molecule has 1 saturated heterocycles. The highest BCUT2D eigenvalue weighted by molar-refractivity contribution is 5.37. The van der Waals surface area contributed by atoms with E-state index in [1.165, 1.54) is 0 Å². The van der Waals surface area contributed by atoms with E-state index in [2.05, 4.69) is 47.3 Å². The summed E-state index contributed by atoms with van der Waals surface area (Å²) in [4.78, 5) is 2.24. The third-order valence-electron chi connectivity index (χ3n) is 3.05. The molecule has 1 aromatic heterocycles. The molecule has 19 heavy (non-hydrogen) atoms. The van der Waals surface area contributed by atoms with Crippen molar-refractivity contribution in [1.82, 2.24) is 15.5 Å². The first kappa shape index (κ1) is 14.2. The molecule has 0 spiro atoms. The molecule has 0 bridgehead atoms. The minimum absolute atomic E-state index is 0.0997. The van der Waals surface area contributed by atoms with Gasteiger partial charge in [0.25, 0.3) is 0 Å². The largest absolute Gasteiger partial charge is 0.380 e. The fourth-order valence-corrected chi connectivity index (χ4v) is 1.95. The normalized spacial score (nSPS) is 17.3. The Morgan fingerprint density at radius 3 is 2.74 bits per heavy atom. The molecule has 1 fully saturated rings. The lowest BCUT2D eigenvalue weighted by molar-refractivity contribution is 0.152. The predicted octanol–water partition coefficient (Wildman–Crippen LogP) is 1.59. The van der Waals surface area contributed by atoms with E-state index in [0.717, 1.165) is 50.8 Å². The molecule has 2 rings (SSSR count). The topological polar surface area (TPSA) is 50.3 Å². The Morgan fingerprint density at radius 1 is 1.21 bits per heavy atom. The standard InChI is InChI=1S/C14H24N4O/c1-14(2,3)15-11-12-5-6-13(17-16-12)18-7-4-9-19-10-8-18/h5-6,15H,4,7-11H2,1-3H3. The summed E-state index contributed by atoms with van der Waals surface area (Å²) < 4.78 is 5.45. The average Bonchev–Trinajstić information content (AvgIpc) is 2.65. The summed E-state index contributed by atoms with van der Waals surface area (Å²) in [5.41, 5.74) is 1.08. The summed E-state index contributed by atoms with van der Waals surface area (Å²) in [5, 5.41) is 12.0. The van der Waals surface area contributed by atoms with Crippen molar-refractivity contribution in [1.29, 1.82) is 0 Å². The van der Waals surface area contributed by atoms with Gasteiger partial charge in [0.15, 0.2) is 5.82 Å². The molecule has 1 aliphatic heterocycles. The van der Waals surface area contributed by atoms with E-state index in [-0.39, 0.29) is 5.54 Å². The van der Waals surface area contributed by atoms with Gasteiger partial charge in [0.2, 0.25) is 0 Å². The van der Waals surface area contributed by atoms with Crippen LogP contribution < -0.4 is 10.2 Å². The number of ether oxygens (including phenoxy) is 1. The van der Waals surface area contributed by atoms with Gasteiger partial charge in [0, 0.05) is 31.8 Å². The van der Waals surface area contributed by atoms with E-state index in [0.29, 0.717) is 0 Å². The Labute approximate surface area is 115 Å². The van der Waals surface area contributed by atoms with Crippen LogP contribution in [0.1, 0.15) is 32.9 Å². The Balaban J connectivity index is 1.93. The molecule has 5 heteroatoms. The molecule has 2 heterocycles. The number of nitrogens with zero attached hydrogens (tertiary/aromatic N) is 3. The van der Waals surface area contributed by atoms with Crippen molar-refractivity contribution in [3.05, 3.63) is 17.8 Å². The van der Waals surface area contributed by atoms with Crippen molar-refractivity contribution in [3.63, 3.8) is 0 Å². The maximum absolute atomic E-state index is 5.45. The average molecular weight is 264 g/mol. The summed E-state index contributed by atoms with van der Waals surface area (Å²) in [6.45, 7) is 10.7. The zero-order chi connectivity index (χ0) is 13.7. The quantitative estimate of drug-likeness (QED) is 0.898. The summed E-state index contributed by atoms with van der Waals surface area (Å²) >= 11 is 0. The molecule has 0 radical (unpaired) electrons. The van der Waals surface area contributed by atoms with Crippen LogP contribution in [0.15, 0.2) is 12.1 Å². The van der Waals surface area contributed by atoms with E-state index >= 15 is 0 Å². The van der Waals surface area contributed by atoms with Gasteiger partial charge in [-0.05, 0) is 39.3 Å². The van der Waals surface area contributed by atoms with Crippen molar-refractivity contribution >= 4 is 5.82 Å². The Hall–Kier alpha value is -1.20. The van der Waals surface area contributed by atoms with Gasteiger partial charge in [0.05, 0.1) is 12.3 Å². The highest BCUT2D eigenvalue weighted by atomic mass is 16.5. The van der Waals surface area contributed by atoms with Gasteiger partial charge in [-0.25, -0.2) is 0 Å². The molecule has 0 atom stereocenters. The van der Waals surface area contributed by atoms with Crippen molar-refractivity contribution in [3.8, 4) is 0 Å². The summed E-state index contributed by atoms with van der Waals surface area (Å²) in [7, 11) is 0. The second-order valence-corrected chi connectivity index (χ2v) is 5.94. The van der Waals surface area contributed by atoms with Gasteiger partial charge in [-0.15, -0.1) is 5.10 Å². The fourth-order valence-electron chi connectivity index (χ4n) is 1.95. The number of hydrogen-bond donors (Lipinski definition) is 1. The first-order valence-electron chi connectivity index (χ1n) is 6.95. The third kappa shape index (κ3) is 4.76. The number of anilines is 1. The molecule has 0 amide bonds. The molecular weight excluding hydrogens is 240 g/mol. The molecule has 0 aromatic carbocycles. The van der Waals surface area contributed by atoms with Gasteiger partial charge in [0.1, 0.15) is 0 Å². The maximum atomic E-state index is 5.45. The fraction of sp³-hybridized carbons (Fsp3) is 0.714. The highest BCUT2D eigenvalue weighted by Gasteiger charge is 2.12. The molecule has 0 saturated carbocycles. The molecule has 1 N–H and O–H groups in total. The number of hydrogen-bond acceptors (Lipinski definition) is 5. The van der Waals surface area contributed by atoms with Crippen molar-refractivity contribution in [2.75, 3.05) is 31.2 Å². The minimum Gasteiger partial charge on any atom is -0.380 e. The second-order valence-electron chi connectivity index (χ2n) is 5.94. The molecule has 1 aromatic rings. The first-order chi connectivity index (χ1) is 9.04. The van der Waals surface area contributed by atoms with Crippen LogP contribution in [-0.4, -0.2) is 42.0 Å². The lowest BCUT2D eigenvalue weighted by Crippen LogP contribution is -2.35. The lowest BCUT2D eigenvalue weighted by Gasteiger charge is -2.21. The number of aromatic nitrogens is 2. The zero-order valence-corrected chi connectivity index (χ0v) is 12.1. The van der Waals surface area contributed by atoms with Gasteiger partial charge in [-0.1, -0.05) is 0 Å². The molecule has 0 unspecified atom stereocenters. The van der Waals surface area contributed by atoms with Gasteiger partial charge < -0.3 is 15.0 Å². The summed E-state index contributed by atoms with van der Waals surface area (Å²) in [6.07, 6.45) is 1.05. The maximum Gasteiger partial charge on any atom is 0.151 e. The van der Waals surface area contributed by atoms with Crippen LogP contribution >= 0.6 is 0 Å². The minimum atomic E-state index is 0.0997. The molecule has 5 nitrogen and oxygen atoms in total. The monoisotopic (exact) mass is 264 g/mol. The van der Waals surface area contributed by atoms with E-state index in [9.17, 15) is 0 Å². The van der Waals surface area contributed by atoms with Crippen molar-refractivity contribution < 1.29 is 4.74 Å². The Morgan fingerprint density at radius 2 is 2.05 bits per heavy atom. The van der Waals surface area contributed by atoms with E-state index in [4.69, 9.17) is 4.74 Å². The van der Waals surface area contributed by atoms with Gasteiger partial charge >= 0.3 is 0 Å². The molecule has 106 valence electrons. The second kappa shape index (κ2) is 6.30. The molecular formula is C14H24N4O. The van der Waals surface area contributed by atoms with Crippen LogP contribution in [0.25, 0.3) is 0 Å². The Kier molecular flexibility index (Phi) is 4.71. The van der Waals surface area contributed by atoms with E-state index < -0.39 is 0 Å².